The van der Waals surface area contributed by atoms with Gasteiger partial charge in [0.05, 0.1) is 5.69 Å². The molecule has 1 rings (SSSR count). The third kappa shape index (κ3) is 3.46. The zero-order chi connectivity index (χ0) is 11.5. The van der Waals surface area contributed by atoms with Crippen LogP contribution in [0.1, 0.15) is 17.4 Å². The second-order valence-electron chi connectivity index (χ2n) is 2.85. The summed E-state index contributed by atoms with van der Waals surface area (Å²) >= 11 is 0. The van der Waals surface area contributed by atoms with Crippen LogP contribution in [0, 0.1) is 0 Å². The van der Waals surface area contributed by atoms with Crippen molar-refractivity contribution in [2.45, 2.75) is 12.2 Å². The second kappa shape index (κ2) is 5.81. The number of likely N-dealkylation sites (N-methyl/N-ethyl adjacent to an activating group) is 1. The highest BCUT2D eigenvalue weighted by atomic mass is 35.5. The van der Waals surface area contributed by atoms with Crippen molar-refractivity contribution >= 4 is 18.7 Å². The van der Waals surface area contributed by atoms with Gasteiger partial charge in [-0.1, -0.05) is 6.07 Å². The number of alkyl halides is 3. The van der Waals surface area contributed by atoms with Gasteiger partial charge in [-0.15, -0.1) is 12.4 Å². The van der Waals surface area contributed by atoms with Crippen LogP contribution in [0.4, 0.5) is 13.2 Å². The van der Waals surface area contributed by atoms with Crippen LogP contribution in [-0.2, 0) is 11.0 Å². The fraction of sp³-hybridized carbons (Fsp3) is 0.333. The number of halogens is 4. The van der Waals surface area contributed by atoms with E-state index in [2.05, 4.69) is 10.3 Å². The summed E-state index contributed by atoms with van der Waals surface area (Å²) in [6.45, 7) is 0. The lowest BCUT2D eigenvalue weighted by molar-refractivity contribution is -0.141. The maximum atomic E-state index is 12.3. The number of carbonyl (C=O) groups excluding carboxylic acids is 1. The van der Waals surface area contributed by atoms with Crippen LogP contribution in [0.3, 0.4) is 0 Å². The van der Waals surface area contributed by atoms with Crippen molar-refractivity contribution in [3.63, 3.8) is 0 Å². The monoisotopic (exact) mass is 254 g/mol. The topological polar surface area (TPSA) is 42.0 Å². The molecule has 1 atom stereocenters. The zero-order valence-corrected chi connectivity index (χ0v) is 9.10. The summed E-state index contributed by atoms with van der Waals surface area (Å²) in [6.07, 6.45) is -3.99. The third-order valence-corrected chi connectivity index (χ3v) is 1.83. The SMILES string of the molecule is CN[C@H](C=O)c1cccc(C(F)(F)F)n1.Cl. The van der Waals surface area contributed by atoms with Crippen LogP contribution in [0.15, 0.2) is 18.2 Å². The van der Waals surface area contributed by atoms with Gasteiger partial charge in [-0.05, 0) is 19.2 Å². The van der Waals surface area contributed by atoms with E-state index in [1.807, 2.05) is 0 Å². The molecule has 0 aliphatic carbocycles. The van der Waals surface area contributed by atoms with E-state index in [9.17, 15) is 18.0 Å². The number of hydrogen-bond acceptors (Lipinski definition) is 3. The van der Waals surface area contributed by atoms with E-state index in [0.717, 1.165) is 6.07 Å². The molecule has 1 aromatic rings. The molecular weight excluding hydrogens is 245 g/mol. The van der Waals surface area contributed by atoms with E-state index in [4.69, 9.17) is 0 Å². The average Bonchev–Trinajstić information content (AvgIpc) is 2.19. The molecule has 0 saturated carbocycles. The van der Waals surface area contributed by atoms with Crippen molar-refractivity contribution in [2.75, 3.05) is 7.05 Å². The van der Waals surface area contributed by atoms with Crippen molar-refractivity contribution in [1.82, 2.24) is 10.3 Å². The summed E-state index contributed by atoms with van der Waals surface area (Å²) < 4.78 is 36.8. The first-order valence-corrected chi connectivity index (χ1v) is 4.15. The van der Waals surface area contributed by atoms with Crippen molar-refractivity contribution < 1.29 is 18.0 Å². The molecule has 16 heavy (non-hydrogen) atoms. The fourth-order valence-corrected chi connectivity index (χ4v) is 1.07. The highest BCUT2D eigenvalue weighted by molar-refractivity contribution is 5.85. The highest BCUT2D eigenvalue weighted by Gasteiger charge is 2.32. The van der Waals surface area contributed by atoms with Gasteiger partial charge in [-0.3, -0.25) is 0 Å². The van der Waals surface area contributed by atoms with Gasteiger partial charge < -0.3 is 10.1 Å². The molecule has 7 heteroatoms. The van der Waals surface area contributed by atoms with Crippen molar-refractivity contribution in [1.29, 1.82) is 0 Å². The Morgan fingerprint density at radius 3 is 2.50 bits per heavy atom. The summed E-state index contributed by atoms with van der Waals surface area (Å²) in [5.41, 5.74) is -0.940. The second-order valence-corrected chi connectivity index (χ2v) is 2.85. The van der Waals surface area contributed by atoms with Gasteiger partial charge in [0.2, 0.25) is 0 Å². The van der Waals surface area contributed by atoms with Crippen molar-refractivity contribution in [3.05, 3.63) is 29.6 Å². The lowest BCUT2D eigenvalue weighted by atomic mass is 10.2. The molecule has 0 unspecified atom stereocenters. The molecule has 0 saturated heterocycles. The molecular formula is C9H10ClF3N2O. The first-order chi connectivity index (χ1) is 6.99. The number of hydrogen-bond donors (Lipinski definition) is 1. The normalized spacial score (nSPS) is 12.8. The van der Waals surface area contributed by atoms with E-state index in [1.54, 1.807) is 0 Å². The van der Waals surface area contributed by atoms with Gasteiger partial charge in [0, 0.05) is 0 Å². The van der Waals surface area contributed by atoms with Gasteiger partial charge in [0.15, 0.2) is 0 Å². The number of pyridine rings is 1. The number of rotatable bonds is 3. The molecule has 0 radical (unpaired) electrons. The summed E-state index contributed by atoms with van der Waals surface area (Å²) in [6, 6.07) is 2.64. The molecule has 1 heterocycles. The Morgan fingerprint density at radius 2 is 2.06 bits per heavy atom. The summed E-state index contributed by atoms with van der Waals surface area (Å²) in [5, 5.41) is 2.55. The van der Waals surface area contributed by atoms with Crippen molar-refractivity contribution in [2.24, 2.45) is 0 Å². The first-order valence-electron chi connectivity index (χ1n) is 4.15. The van der Waals surface area contributed by atoms with Crippen LogP contribution in [0.25, 0.3) is 0 Å². The predicted octanol–water partition coefficient (Wildman–Crippen LogP) is 1.98. The first kappa shape index (κ1) is 14.9. The molecule has 0 bridgehead atoms. The predicted molar refractivity (Wildman–Crippen MR) is 54.4 cm³/mol. The standard InChI is InChI=1S/C9H9F3N2O.ClH/c1-13-7(5-15)6-3-2-4-8(14-6)9(10,11)12;/h2-5,7,13H,1H3;1H/t7-;/m1./s1. The maximum absolute atomic E-state index is 12.3. The summed E-state index contributed by atoms with van der Waals surface area (Å²) in [7, 11) is 1.47. The van der Waals surface area contributed by atoms with Crippen LogP contribution in [0.2, 0.25) is 0 Å². The zero-order valence-electron chi connectivity index (χ0n) is 8.28. The Bertz CT molecular complexity index is 357. The molecule has 0 amide bonds. The molecule has 90 valence electrons. The van der Waals surface area contributed by atoms with Gasteiger partial charge in [-0.25, -0.2) is 4.98 Å². The third-order valence-electron chi connectivity index (χ3n) is 1.83. The molecule has 1 aromatic heterocycles. The molecule has 1 N–H and O–H groups in total. The number of carbonyl (C=O) groups is 1. The van der Waals surface area contributed by atoms with E-state index in [-0.39, 0.29) is 18.1 Å². The highest BCUT2D eigenvalue weighted by Crippen LogP contribution is 2.27. The quantitative estimate of drug-likeness (QED) is 0.839. The minimum atomic E-state index is -4.49. The van der Waals surface area contributed by atoms with E-state index in [1.165, 1.54) is 19.2 Å². The van der Waals surface area contributed by atoms with Gasteiger partial charge in [0.1, 0.15) is 18.0 Å². The Hall–Kier alpha value is -1.14. The Morgan fingerprint density at radius 1 is 1.44 bits per heavy atom. The van der Waals surface area contributed by atoms with Crippen LogP contribution >= 0.6 is 12.4 Å². The Labute approximate surface area is 96.5 Å². The molecule has 0 aliphatic rings. The van der Waals surface area contributed by atoms with E-state index < -0.39 is 17.9 Å². The number of nitrogens with one attached hydrogen (secondary N) is 1. The molecule has 0 spiro atoms. The largest absolute Gasteiger partial charge is 0.433 e. The number of aldehydes is 1. The number of nitrogens with zero attached hydrogens (tertiary/aromatic N) is 1. The lowest BCUT2D eigenvalue weighted by Crippen LogP contribution is -2.20. The Kier molecular flexibility index (Phi) is 5.40. The van der Waals surface area contributed by atoms with Crippen LogP contribution < -0.4 is 5.32 Å². The van der Waals surface area contributed by atoms with Gasteiger partial charge >= 0.3 is 6.18 Å². The smallest absolute Gasteiger partial charge is 0.306 e. The van der Waals surface area contributed by atoms with E-state index >= 15 is 0 Å². The number of aromatic nitrogens is 1. The minimum absolute atomic E-state index is 0. The van der Waals surface area contributed by atoms with Crippen LogP contribution in [-0.4, -0.2) is 18.3 Å². The molecule has 3 nitrogen and oxygen atoms in total. The van der Waals surface area contributed by atoms with E-state index in [0.29, 0.717) is 6.29 Å². The summed E-state index contributed by atoms with van der Waals surface area (Å²) in [4.78, 5) is 13.9. The van der Waals surface area contributed by atoms with Gasteiger partial charge in [0.25, 0.3) is 0 Å². The van der Waals surface area contributed by atoms with Crippen LogP contribution in [0.5, 0.6) is 0 Å². The molecule has 0 fully saturated rings. The van der Waals surface area contributed by atoms with Crippen molar-refractivity contribution in [3.8, 4) is 0 Å². The average molecular weight is 255 g/mol. The maximum Gasteiger partial charge on any atom is 0.433 e. The molecule has 0 aliphatic heterocycles. The molecule has 0 aromatic carbocycles. The Balaban J connectivity index is 0.00000225. The summed E-state index contributed by atoms with van der Waals surface area (Å²) in [5.74, 6) is 0. The van der Waals surface area contributed by atoms with Gasteiger partial charge in [-0.2, -0.15) is 13.2 Å². The fourth-order valence-electron chi connectivity index (χ4n) is 1.07. The minimum Gasteiger partial charge on any atom is -0.306 e. The lowest BCUT2D eigenvalue weighted by Gasteiger charge is -2.11.